The summed E-state index contributed by atoms with van der Waals surface area (Å²) in [5.74, 6) is 0.931. The van der Waals surface area contributed by atoms with Gasteiger partial charge in [0, 0.05) is 17.8 Å². The van der Waals surface area contributed by atoms with Gasteiger partial charge in [-0.15, -0.1) is 16.8 Å². The van der Waals surface area contributed by atoms with Gasteiger partial charge >= 0.3 is 0 Å². The van der Waals surface area contributed by atoms with E-state index in [0.717, 1.165) is 11.3 Å². The summed E-state index contributed by atoms with van der Waals surface area (Å²) >= 11 is 1.29. The zero-order valence-electron chi connectivity index (χ0n) is 19.2. The fourth-order valence-corrected chi connectivity index (χ4v) is 3.96. The highest BCUT2D eigenvalue weighted by Crippen LogP contribution is 2.20. The predicted octanol–water partition coefficient (Wildman–Crippen LogP) is 4.56. The van der Waals surface area contributed by atoms with Crippen LogP contribution in [0.3, 0.4) is 0 Å². The van der Waals surface area contributed by atoms with E-state index in [1.54, 1.807) is 12.1 Å². The monoisotopic (exact) mass is 463 g/mol. The Labute approximate surface area is 198 Å². The molecule has 7 nitrogen and oxygen atoms in total. The fraction of sp³-hybridized carbons (Fsp3) is 0.280. The zero-order chi connectivity index (χ0) is 23.8. The summed E-state index contributed by atoms with van der Waals surface area (Å²) in [6, 6.07) is 15.3. The average molecular weight is 464 g/mol. The third kappa shape index (κ3) is 6.79. The van der Waals surface area contributed by atoms with Crippen molar-refractivity contribution < 1.29 is 9.59 Å². The summed E-state index contributed by atoms with van der Waals surface area (Å²) in [4.78, 5) is 24.9. The number of carbonyl (C=O) groups is 2. The molecule has 3 aromatic rings. The molecule has 0 aliphatic carbocycles. The molecule has 0 bridgehead atoms. The number of amides is 2. The van der Waals surface area contributed by atoms with E-state index in [1.807, 2.05) is 54.0 Å². The second-order valence-corrected chi connectivity index (χ2v) is 8.91. The Hall–Kier alpha value is -3.39. The fourth-order valence-electron chi connectivity index (χ4n) is 3.20. The quantitative estimate of drug-likeness (QED) is 0.340. The first-order valence-corrected chi connectivity index (χ1v) is 11.8. The zero-order valence-corrected chi connectivity index (χ0v) is 20.0. The molecule has 8 heteroatoms. The van der Waals surface area contributed by atoms with Crippen molar-refractivity contribution >= 4 is 29.3 Å². The van der Waals surface area contributed by atoms with Crippen molar-refractivity contribution in [3.63, 3.8) is 0 Å². The number of aryl methyl sites for hydroxylation is 1. The minimum atomic E-state index is -0.177. The molecule has 0 spiro atoms. The molecule has 0 aliphatic heterocycles. The maximum Gasteiger partial charge on any atom is 0.251 e. The molecule has 2 N–H and O–H groups in total. The molecule has 1 aromatic heterocycles. The number of rotatable bonds is 10. The number of hydrogen-bond donors (Lipinski definition) is 2. The third-order valence-corrected chi connectivity index (χ3v) is 5.95. The number of anilines is 1. The highest BCUT2D eigenvalue weighted by molar-refractivity contribution is 7.99. The van der Waals surface area contributed by atoms with E-state index in [4.69, 9.17) is 0 Å². The van der Waals surface area contributed by atoms with Crippen LogP contribution >= 0.6 is 11.8 Å². The van der Waals surface area contributed by atoms with Gasteiger partial charge in [-0.25, -0.2) is 0 Å². The van der Waals surface area contributed by atoms with Crippen LogP contribution in [0.15, 0.2) is 66.3 Å². The van der Waals surface area contributed by atoms with Crippen LogP contribution in [0.5, 0.6) is 0 Å². The number of carbonyl (C=O) groups excluding carboxylic acids is 2. The summed E-state index contributed by atoms with van der Waals surface area (Å²) in [6.07, 6.45) is 1.73. The first-order valence-electron chi connectivity index (χ1n) is 10.8. The van der Waals surface area contributed by atoms with Crippen LogP contribution in [0.1, 0.15) is 47.1 Å². The standard InChI is InChI=1S/C25H29N5O2S/c1-5-13-30-22(15-26-24(32)20-8-6-7-18(4)14-20)28-29-25(30)33-16-23(31)27-21-11-9-19(10-12-21)17(2)3/h5-12,14,17H,1,13,15-16H2,2-4H3,(H,26,32)(H,27,31). The normalized spacial score (nSPS) is 10.8. The van der Waals surface area contributed by atoms with Gasteiger partial charge in [0.25, 0.3) is 5.91 Å². The minimum absolute atomic E-state index is 0.125. The summed E-state index contributed by atoms with van der Waals surface area (Å²) in [5, 5.41) is 14.8. The third-order valence-electron chi connectivity index (χ3n) is 4.99. The summed E-state index contributed by atoms with van der Waals surface area (Å²) < 4.78 is 1.85. The van der Waals surface area contributed by atoms with E-state index in [0.29, 0.717) is 29.0 Å². The van der Waals surface area contributed by atoms with Gasteiger partial charge in [0.05, 0.1) is 12.3 Å². The molecule has 172 valence electrons. The van der Waals surface area contributed by atoms with Gasteiger partial charge in [0.2, 0.25) is 5.91 Å². The number of hydrogen-bond acceptors (Lipinski definition) is 5. The van der Waals surface area contributed by atoms with Crippen LogP contribution in [0.2, 0.25) is 0 Å². The van der Waals surface area contributed by atoms with Crippen LogP contribution in [0.25, 0.3) is 0 Å². The Balaban J connectivity index is 1.58. The Morgan fingerprint density at radius 2 is 1.91 bits per heavy atom. The minimum Gasteiger partial charge on any atom is -0.345 e. The maximum atomic E-state index is 12.4. The van der Waals surface area contributed by atoms with E-state index in [1.165, 1.54) is 17.3 Å². The van der Waals surface area contributed by atoms with Gasteiger partial charge in [-0.05, 0) is 42.7 Å². The van der Waals surface area contributed by atoms with Crippen molar-refractivity contribution in [1.82, 2.24) is 20.1 Å². The largest absolute Gasteiger partial charge is 0.345 e. The molecule has 0 radical (unpaired) electrons. The van der Waals surface area contributed by atoms with E-state index < -0.39 is 0 Å². The van der Waals surface area contributed by atoms with Gasteiger partial charge in [-0.2, -0.15) is 0 Å². The van der Waals surface area contributed by atoms with Gasteiger partial charge in [0.15, 0.2) is 11.0 Å². The lowest BCUT2D eigenvalue weighted by Crippen LogP contribution is -2.25. The molecule has 0 unspecified atom stereocenters. The molecule has 0 atom stereocenters. The lowest BCUT2D eigenvalue weighted by atomic mass is 10.0. The molecule has 33 heavy (non-hydrogen) atoms. The molecule has 2 aromatic carbocycles. The second kappa shape index (κ2) is 11.5. The topological polar surface area (TPSA) is 88.9 Å². The number of nitrogens with one attached hydrogen (secondary N) is 2. The van der Waals surface area contributed by atoms with Gasteiger partial charge < -0.3 is 15.2 Å². The smallest absolute Gasteiger partial charge is 0.251 e. The van der Waals surface area contributed by atoms with Crippen molar-refractivity contribution in [2.75, 3.05) is 11.1 Å². The summed E-state index contributed by atoms with van der Waals surface area (Å²) in [7, 11) is 0. The average Bonchev–Trinajstić information content (AvgIpc) is 3.18. The molecule has 0 saturated carbocycles. The van der Waals surface area contributed by atoms with E-state index in [2.05, 4.69) is 41.3 Å². The van der Waals surface area contributed by atoms with Crippen LogP contribution in [0.4, 0.5) is 5.69 Å². The first kappa shape index (κ1) is 24.3. The van der Waals surface area contributed by atoms with Crippen LogP contribution in [-0.2, 0) is 17.9 Å². The first-order chi connectivity index (χ1) is 15.9. The molecule has 0 saturated heterocycles. The van der Waals surface area contributed by atoms with Crippen molar-refractivity contribution in [3.05, 3.63) is 83.7 Å². The molecule has 2 amide bonds. The number of nitrogens with zero attached hydrogens (tertiary/aromatic N) is 3. The van der Waals surface area contributed by atoms with Crippen molar-refractivity contribution in [2.24, 2.45) is 0 Å². The van der Waals surface area contributed by atoms with Crippen LogP contribution in [0, 0.1) is 6.92 Å². The second-order valence-electron chi connectivity index (χ2n) is 7.96. The Kier molecular flexibility index (Phi) is 8.43. The van der Waals surface area contributed by atoms with Crippen molar-refractivity contribution in [3.8, 4) is 0 Å². The molecule has 0 fully saturated rings. The van der Waals surface area contributed by atoms with Crippen molar-refractivity contribution in [2.45, 2.75) is 44.9 Å². The van der Waals surface area contributed by atoms with Gasteiger partial charge in [-0.3, -0.25) is 9.59 Å². The molecular formula is C25H29N5O2S. The molecule has 3 rings (SSSR count). The van der Waals surface area contributed by atoms with Crippen LogP contribution in [-0.4, -0.2) is 32.3 Å². The number of aromatic nitrogens is 3. The predicted molar refractivity (Wildman–Crippen MR) is 132 cm³/mol. The SMILES string of the molecule is C=CCn1c(CNC(=O)c2cccc(C)c2)nnc1SCC(=O)Nc1ccc(C(C)C)cc1. The maximum absolute atomic E-state index is 12.4. The van der Waals surface area contributed by atoms with Gasteiger partial charge in [0.1, 0.15) is 0 Å². The van der Waals surface area contributed by atoms with E-state index in [9.17, 15) is 9.59 Å². The Bertz CT molecular complexity index is 1120. The summed E-state index contributed by atoms with van der Waals surface area (Å²) in [6.45, 7) is 10.7. The molecular weight excluding hydrogens is 434 g/mol. The van der Waals surface area contributed by atoms with E-state index >= 15 is 0 Å². The Morgan fingerprint density at radius 1 is 1.15 bits per heavy atom. The molecule has 0 aliphatic rings. The highest BCUT2D eigenvalue weighted by atomic mass is 32.2. The number of thioether (sulfide) groups is 1. The van der Waals surface area contributed by atoms with Gasteiger partial charge in [-0.1, -0.05) is 61.5 Å². The lowest BCUT2D eigenvalue weighted by molar-refractivity contribution is -0.113. The van der Waals surface area contributed by atoms with Crippen LogP contribution < -0.4 is 10.6 Å². The Morgan fingerprint density at radius 3 is 2.58 bits per heavy atom. The highest BCUT2D eigenvalue weighted by Gasteiger charge is 2.15. The molecule has 1 heterocycles. The van der Waals surface area contributed by atoms with Crippen molar-refractivity contribution in [1.29, 1.82) is 0 Å². The lowest BCUT2D eigenvalue weighted by Gasteiger charge is -2.10. The summed E-state index contributed by atoms with van der Waals surface area (Å²) in [5.41, 5.74) is 3.60. The number of allylic oxidation sites excluding steroid dienone is 1. The number of benzene rings is 2. The van der Waals surface area contributed by atoms with E-state index in [-0.39, 0.29) is 24.1 Å².